The molecular formula is C18H15ClN4O3. The van der Waals surface area contributed by atoms with E-state index < -0.39 is 4.92 Å². The Balaban J connectivity index is 1.70. The Morgan fingerprint density at radius 1 is 1.12 bits per heavy atom. The summed E-state index contributed by atoms with van der Waals surface area (Å²) in [4.78, 5) is 27.0. The zero-order valence-corrected chi connectivity index (χ0v) is 14.5. The molecule has 0 aliphatic carbocycles. The number of rotatable bonds is 3. The number of nitro benzene ring substituents is 1. The molecule has 1 saturated heterocycles. The summed E-state index contributed by atoms with van der Waals surface area (Å²) in [5, 5.41) is 20.4. The third-order valence-corrected chi connectivity index (χ3v) is 4.54. The molecule has 0 bridgehead atoms. The number of amides is 1. The predicted octanol–water partition coefficient (Wildman–Crippen LogP) is 3.08. The summed E-state index contributed by atoms with van der Waals surface area (Å²) in [7, 11) is 0. The van der Waals surface area contributed by atoms with E-state index in [2.05, 4.69) is 0 Å². The van der Waals surface area contributed by atoms with E-state index in [4.69, 9.17) is 16.9 Å². The Labute approximate surface area is 155 Å². The van der Waals surface area contributed by atoms with Crippen molar-refractivity contribution in [3.05, 3.63) is 68.7 Å². The largest absolute Gasteiger partial charge is 0.362 e. The molecule has 0 unspecified atom stereocenters. The minimum atomic E-state index is -0.449. The van der Waals surface area contributed by atoms with Crippen molar-refractivity contribution in [2.75, 3.05) is 31.1 Å². The first-order valence-electron chi connectivity index (χ1n) is 7.98. The van der Waals surface area contributed by atoms with Crippen molar-refractivity contribution in [3.8, 4) is 6.07 Å². The van der Waals surface area contributed by atoms with Crippen molar-refractivity contribution in [3.63, 3.8) is 0 Å². The van der Waals surface area contributed by atoms with Crippen LogP contribution in [0.5, 0.6) is 0 Å². The number of carbonyl (C=O) groups is 1. The molecule has 26 heavy (non-hydrogen) atoms. The van der Waals surface area contributed by atoms with Gasteiger partial charge in [-0.25, -0.2) is 0 Å². The van der Waals surface area contributed by atoms with Crippen LogP contribution < -0.4 is 4.90 Å². The summed E-state index contributed by atoms with van der Waals surface area (Å²) in [6.07, 6.45) is 0. The first kappa shape index (κ1) is 17.7. The maximum absolute atomic E-state index is 12.6. The third-order valence-electron chi connectivity index (χ3n) is 4.30. The van der Waals surface area contributed by atoms with Gasteiger partial charge in [-0.3, -0.25) is 14.9 Å². The fraction of sp³-hybridized carbons (Fsp3) is 0.222. The molecule has 1 aliphatic rings. The normalized spacial score (nSPS) is 14.0. The Morgan fingerprint density at radius 2 is 1.77 bits per heavy atom. The van der Waals surface area contributed by atoms with Gasteiger partial charge in [-0.2, -0.15) is 5.26 Å². The van der Waals surface area contributed by atoms with Crippen molar-refractivity contribution in [2.24, 2.45) is 0 Å². The number of benzene rings is 2. The molecule has 0 N–H and O–H groups in total. The molecule has 0 saturated carbocycles. The van der Waals surface area contributed by atoms with Gasteiger partial charge in [0.1, 0.15) is 5.69 Å². The number of anilines is 1. The van der Waals surface area contributed by atoms with E-state index in [0.717, 1.165) is 0 Å². The van der Waals surface area contributed by atoms with Crippen molar-refractivity contribution in [1.82, 2.24) is 4.90 Å². The molecular weight excluding hydrogens is 356 g/mol. The maximum Gasteiger partial charge on any atom is 0.294 e. The number of carbonyl (C=O) groups excluding carboxylic acids is 1. The molecule has 0 aromatic heterocycles. The lowest BCUT2D eigenvalue weighted by atomic mass is 10.1. The smallest absolute Gasteiger partial charge is 0.294 e. The van der Waals surface area contributed by atoms with Gasteiger partial charge in [0.25, 0.3) is 11.6 Å². The molecule has 7 nitrogen and oxygen atoms in total. The first-order valence-corrected chi connectivity index (χ1v) is 8.35. The minimum absolute atomic E-state index is 0.0376. The molecule has 1 amide bonds. The fourth-order valence-electron chi connectivity index (χ4n) is 2.93. The average molecular weight is 371 g/mol. The van der Waals surface area contributed by atoms with Gasteiger partial charge in [-0.1, -0.05) is 11.6 Å². The number of halogens is 1. The van der Waals surface area contributed by atoms with E-state index in [9.17, 15) is 14.9 Å². The molecule has 1 fully saturated rings. The molecule has 2 aromatic rings. The minimum Gasteiger partial charge on any atom is -0.362 e. The standard InChI is InChI=1S/C18H15ClN4O3/c19-15-5-6-16(17(11-15)23(25)26)21-7-9-22(10-8-21)18(24)14-3-1-13(12-20)2-4-14/h1-6,11H,7-10H2. The molecule has 8 heteroatoms. The van der Waals surface area contributed by atoms with Crippen LogP contribution in [0.25, 0.3) is 0 Å². The van der Waals surface area contributed by atoms with Gasteiger partial charge >= 0.3 is 0 Å². The van der Waals surface area contributed by atoms with Crippen molar-refractivity contribution < 1.29 is 9.72 Å². The second-order valence-corrected chi connectivity index (χ2v) is 6.29. The van der Waals surface area contributed by atoms with E-state index in [-0.39, 0.29) is 11.6 Å². The highest BCUT2D eigenvalue weighted by atomic mass is 35.5. The highest BCUT2D eigenvalue weighted by molar-refractivity contribution is 6.30. The van der Waals surface area contributed by atoms with Crippen molar-refractivity contribution in [1.29, 1.82) is 5.26 Å². The molecule has 2 aromatic carbocycles. The maximum atomic E-state index is 12.6. The van der Waals surface area contributed by atoms with Gasteiger partial charge in [0, 0.05) is 42.8 Å². The Bertz CT molecular complexity index is 884. The number of hydrogen-bond acceptors (Lipinski definition) is 5. The molecule has 0 radical (unpaired) electrons. The monoisotopic (exact) mass is 370 g/mol. The zero-order valence-electron chi connectivity index (χ0n) is 13.8. The highest BCUT2D eigenvalue weighted by Crippen LogP contribution is 2.31. The first-order chi connectivity index (χ1) is 12.5. The van der Waals surface area contributed by atoms with Crippen LogP contribution >= 0.6 is 11.6 Å². The van der Waals surface area contributed by atoms with Gasteiger partial charge < -0.3 is 9.80 Å². The summed E-state index contributed by atoms with van der Waals surface area (Å²) < 4.78 is 0. The van der Waals surface area contributed by atoms with Crippen LogP contribution in [0.3, 0.4) is 0 Å². The lowest BCUT2D eigenvalue weighted by molar-refractivity contribution is -0.384. The van der Waals surface area contributed by atoms with E-state index in [1.807, 2.05) is 11.0 Å². The third kappa shape index (κ3) is 3.60. The Hall–Kier alpha value is -3.11. The summed E-state index contributed by atoms with van der Waals surface area (Å²) in [6, 6.07) is 13.1. The van der Waals surface area contributed by atoms with Crippen LogP contribution in [0.4, 0.5) is 11.4 Å². The summed E-state index contributed by atoms with van der Waals surface area (Å²) >= 11 is 5.86. The molecule has 0 spiro atoms. The molecule has 1 heterocycles. The lowest BCUT2D eigenvalue weighted by Gasteiger charge is -2.35. The second kappa shape index (κ2) is 7.42. The van der Waals surface area contributed by atoms with Gasteiger partial charge in [-0.05, 0) is 36.4 Å². The van der Waals surface area contributed by atoms with Crippen molar-refractivity contribution in [2.45, 2.75) is 0 Å². The summed E-state index contributed by atoms with van der Waals surface area (Å²) in [5.41, 5.74) is 1.49. The molecule has 0 atom stereocenters. The second-order valence-electron chi connectivity index (χ2n) is 5.86. The van der Waals surface area contributed by atoms with E-state index >= 15 is 0 Å². The molecule has 1 aliphatic heterocycles. The van der Waals surface area contributed by atoms with Gasteiger partial charge in [0.2, 0.25) is 0 Å². The quantitative estimate of drug-likeness (QED) is 0.611. The number of nitrogens with zero attached hydrogens (tertiary/aromatic N) is 4. The highest BCUT2D eigenvalue weighted by Gasteiger charge is 2.26. The van der Waals surface area contributed by atoms with Crippen LogP contribution in [-0.2, 0) is 0 Å². The lowest BCUT2D eigenvalue weighted by Crippen LogP contribution is -2.48. The van der Waals surface area contributed by atoms with Crippen LogP contribution in [-0.4, -0.2) is 41.9 Å². The summed E-state index contributed by atoms with van der Waals surface area (Å²) in [5.74, 6) is -0.111. The molecule has 3 rings (SSSR count). The van der Waals surface area contributed by atoms with Gasteiger partial charge in [0.15, 0.2) is 0 Å². The number of nitriles is 1. The van der Waals surface area contributed by atoms with Gasteiger partial charge in [-0.15, -0.1) is 0 Å². The zero-order chi connectivity index (χ0) is 18.7. The Morgan fingerprint density at radius 3 is 2.35 bits per heavy atom. The van der Waals surface area contributed by atoms with E-state index in [0.29, 0.717) is 48.0 Å². The predicted molar refractivity (Wildman–Crippen MR) is 97.4 cm³/mol. The van der Waals surface area contributed by atoms with Crippen LogP contribution in [0.1, 0.15) is 15.9 Å². The number of piperazine rings is 1. The van der Waals surface area contributed by atoms with Crippen LogP contribution in [0.15, 0.2) is 42.5 Å². The van der Waals surface area contributed by atoms with Crippen molar-refractivity contribution >= 4 is 28.9 Å². The Kier molecular flexibility index (Phi) is 5.05. The topological polar surface area (TPSA) is 90.5 Å². The van der Waals surface area contributed by atoms with Crippen LogP contribution in [0.2, 0.25) is 5.02 Å². The molecule has 132 valence electrons. The van der Waals surface area contributed by atoms with Gasteiger partial charge in [0.05, 0.1) is 16.6 Å². The number of nitro groups is 1. The number of hydrogen-bond donors (Lipinski definition) is 0. The fourth-order valence-corrected chi connectivity index (χ4v) is 3.10. The SMILES string of the molecule is N#Cc1ccc(C(=O)N2CCN(c3ccc(Cl)cc3[N+](=O)[O-])CC2)cc1. The van der Waals surface area contributed by atoms with Crippen LogP contribution in [0, 0.1) is 21.4 Å². The van der Waals surface area contributed by atoms with E-state index in [1.165, 1.54) is 6.07 Å². The van der Waals surface area contributed by atoms with E-state index in [1.54, 1.807) is 41.3 Å². The summed E-state index contributed by atoms with van der Waals surface area (Å²) in [6.45, 7) is 1.90. The average Bonchev–Trinajstić information content (AvgIpc) is 2.67.